The molecule has 1 heterocycles. The largest absolute Gasteiger partial charge is 0.478 e. The molecule has 6 amide bonds. The molecule has 4 N–H and O–H groups in total. The topological polar surface area (TPSA) is 271 Å². The van der Waals surface area contributed by atoms with Gasteiger partial charge in [0.1, 0.15) is 39.4 Å². The van der Waals surface area contributed by atoms with Gasteiger partial charge in [-0.15, -0.1) is 4.99 Å². The maximum atomic E-state index is 14.1. The molecular weight excluding hydrogens is 923 g/mol. The molecule has 22 heteroatoms. The van der Waals surface area contributed by atoms with Crippen LogP contribution in [0.5, 0.6) is 5.88 Å². The van der Waals surface area contributed by atoms with Crippen molar-refractivity contribution in [3.63, 3.8) is 0 Å². The normalized spacial score (nSPS) is 12.3. The van der Waals surface area contributed by atoms with Crippen LogP contribution in [0.1, 0.15) is 175 Å². The number of guanidine groups is 2. The number of amidine groups is 1. The fraction of sp³-hybridized carbons (Fsp3) is 0.714. The van der Waals surface area contributed by atoms with Gasteiger partial charge >= 0.3 is 36.6 Å². The van der Waals surface area contributed by atoms with E-state index in [1.54, 1.807) is 125 Å². The second-order valence-corrected chi connectivity index (χ2v) is 22.4. The summed E-state index contributed by atoms with van der Waals surface area (Å²) in [5.41, 5.74) is -4.95. The van der Waals surface area contributed by atoms with Gasteiger partial charge in [-0.3, -0.25) is 26.4 Å². The molecule has 0 spiro atoms. The van der Waals surface area contributed by atoms with Gasteiger partial charge < -0.3 is 33.2 Å². The van der Waals surface area contributed by atoms with Crippen molar-refractivity contribution >= 4 is 54.3 Å². The molecule has 0 aliphatic heterocycles. The van der Waals surface area contributed by atoms with Crippen molar-refractivity contribution in [1.82, 2.24) is 30.7 Å². The summed E-state index contributed by atoms with van der Waals surface area (Å²) in [7, 11) is 0. The predicted molar refractivity (Wildman–Crippen MR) is 269 cm³/mol. The number of aliphatic imine (C=N–C) groups is 2. The van der Waals surface area contributed by atoms with Gasteiger partial charge in [0.05, 0.1) is 6.61 Å². The van der Waals surface area contributed by atoms with Gasteiger partial charge in [0.25, 0.3) is 0 Å². The zero-order valence-corrected chi connectivity index (χ0v) is 45.6. The summed E-state index contributed by atoms with van der Waals surface area (Å²) in [6, 6.07) is 3.04. The molecule has 0 fully saturated rings. The van der Waals surface area contributed by atoms with Crippen LogP contribution < -0.4 is 20.7 Å². The van der Waals surface area contributed by atoms with Crippen LogP contribution in [0, 0.1) is 5.41 Å². The van der Waals surface area contributed by atoms with E-state index in [2.05, 4.69) is 30.9 Å². The first kappa shape index (κ1) is 62.8. The van der Waals surface area contributed by atoms with Crippen LogP contribution in [0.15, 0.2) is 28.3 Å². The summed E-state index contributed by atoms with van der Waals surface area (Å²) in [4.78, 5) is 93.7. The standard InChI is InChI=1S/C49H83N9O13/c1-44(2,3)66-38(59)53-35(50)33-26-27-34(52-32-33)65-31-25-30-58(43(64)71-49(16,17)18)37(56-41(62)69-47(10,11)12)57(42(63)70-48(13,14)15)29-24-22-20-19-21-23-28-51-36(54-39(60)67-45(4,5)6)55-40(61)68-46(7,8)9/h26-27,32H,19-25,28-31H2,1-18H3,(H2,50,53,59)(H2,51,54,55,60,61). The molecule has 0 atom stereocenters. The quantitative estimate of drug-likeness (QED) is 0.0551. The van der Waals surface area contributed by atoms with Crippen molar-refractivity contribution in [2.45, 2.75) is 203 Å². The highest BCUT2D eigenvalue weighted by molar-refractivity contribution is 6.05. The number of amides is 6. The van der Waals surface area contributed by atoms with E-state index in [0.29, 0.717) is 24.8 Å². The van der Waals surface area contributed by atoms with Crippen molar-refractivity contribution in [3.05, 3.63) is 23.9 Å². The number of carbonyl (C=O) groups excluding carboxylic acids is 6. The minimum absolute atomic E-state index is 0.00145. The lowest BCUT2D eigenvalue weighted by Crippen LogP contribution is -2.53. The van der Waals surface area contributed by atoms with Gasteiger partial charge in [0.2, 0.25) is 17.8 Å². The maximum Gasteiger partial charge on any atom is 0.437 e. The number of nitrogens with zero attached hydrogens (tertiary/aromatic N) is 5. The Morgan fingerprint density at radius 1 is 0.535 bits per heavy atom. The fourth-order valence-corrected chi connectivity index (χ4v) is 5.49. The Kier molecular flexibility index (Phi) is 24.2. The SMILES string of the molecule is CC(C)(C)OC(=O)N=C(N(CCCCCCCCN=C(NC(=O)OC(C)(C)C)NC(=O)OC(C)(C)C)C(=O)OC(C)(C)C)N(CCCOc1ccc(C(=N)NC(=O)OC(C)(C)C)cn1)C(=O)OC(C)(C)C. The van der Waals surface area contributed by atoms with Crippen molar-refractivity contribution in [2.75, 3.05) is 26.2 Å². The summed E-state index contributed by atoms with van der Waals surface area (Å²) in [6.45, 7) is 30.5. The zero-order chi connectivity index (χ0) is 54.6. The Morgan fingerprint density at radius 2 is 0.944 bits per heavy atom. The van der Waals surface area contributed by atoms with Gasteiger partial charge in [0, 0.05) is 37.5 Å². The van der Waals surface area contributed by atoms with Gasteiger partial charge in [-0.05, 0) is 150 Å². The molecule has 0 unspecified atom stereocenters. The number of hydrogen-bond donors (Lipinski definition) is 4. The molecule has 0 saturated carbocycles. The van der Waals surface area contributed by atoms with Crippen molar-refractivity contribution in [2.24, 2.45) is 9.98 Å². The van der Waals surface area contributed by atoms with Crippen molar-refractivity contribution in [1.29, 1.82) is 5.41 Å². The predicted octanol–water partition coefficient (Wildman–Crippen LogP) is 10.2. The lowest BCUT2D eigenvalue weighted by Gasteiger charge is -2.34. The van der Waals surface area contributed by atoms with Gasteiger partial charge in [-0.25, -0.2) is 43.6 Å². The van der Waals surface area contributed by atoms with E-state index in [9.17, 15) is 28.8 Å². The van der Waals surface area contributed by atoms with E-state index in [-0.39, 0.29) is 56.3 Å². The molecule has 0 aromatic carbocycles. The molecule has 1 aromatic heterocycles. The molecule has 22 nitrogen and oxygen atoms in total. The highest BCUT2D eigenvalue weighted by Crippen LogP contribution is 2.20. The number of rotatable bonds is 15. The maximum absolute atomic E-state index is 14.1. The molecule has 71 heavy (non-hydrogen) atoms. The number of pyridine rings is 1. The lowest BCUT2D eigenvalue weighted by molar-refractivity contribution is 0.0267. The molecule has 0 bridgehead atoms. The highest BCUT2D eigenvalue weighted by Gasteiger charge is 2.35. The van der Waals surface area contributed by atoms with Crippen LogP contribution in [0.4, 0.5) is 28.8 Å². The summed E-state index contributed by atoms with van der Waals surface area (Å²) in [5.74, 6) is -0.514. The number of carbonyl (C=O) groups is 6. The van der Waals surface area contributed by atoms with Crippen LogP contribution in [0.25, 0.3) is 0 Å². The third-order valence-corrected chi connectivity index (χ3v) is 8.02. The fourth-order valence-electron chi connectivity index (χ4n) is 5.49. The van der Waals surface area contributed by atoms with Crippen LogP contribution in [-0.2, 0) is 28.4 Å². The zero-order valence-electron chi connectivity index (χ0n) is 45.6. The Bertz CT molecular complexity index is 1970. The summed E-state index contributed by atoms with van der Waals surface area (Å²) >= 11 is 0. The molecule has 0 aliphatic carbocycles. The third kappa shape index (κ3) is 30.9. The molecular formula is C49H83N9O13. The number of unbranched alkanes of at least 4 members (excludes halogenated alkanes) is 5. The Labute approximate surface area is 420 Å². The number of ether oxygens (including phenoxy) is 7. The van der Waals surface area contributed by atoms with Gasteiger partial charge in [0.15, 0.2) is 0 Å². The number of hydrogen-bond acceptors (Lipinski definition) is 16. The van der Waals surface area contributed by atoms with Crippen LogP contribution in [0.3, 0.4) is 0 Å². The number of nitrogens with one attached hydrogen (secondary N) is 4. The van der Waals surface area contributed by atoms with E-state index in [1.807, 2.05) is 0 Å². The Hall–Kier alpha value is -6.22. The van der Waals surface area contributed by atoms with Crippen LogP contribution >= 0.6 is 0 Å². The first-order valence-corrected chi connectivity index (χ1v) is 23.9. The smallest absolute Gasteiger partial charge is 0.437 e. The van der Waals surface area contributed by atoms with Crippen molar-refractivity contribution in [3.8, 4) is 5.88 Å². The number of aromatic nitrogens is 1. The summed E-state index contributed by atoms with van der Waals surface area (Å²) in [5, 5.41) is 15.5. The van der Waals surface area contributed by atoms with Crippen LogP contribution in [0.2, 0.25) is 0 Å². The average molecular weight is 1010 g/mol. The Morgan fingerprint density at radius 3 is 1.37 bits per heavy atom. The lowest BCUT2D eigenvalue weighted by atomic mass is 10.1. The Balaban J connectivity index is 3.32. The van der Waals surface area contributed by atoms with Crippen molar-refractivity contribution < 1.29 is 61.9 Å². The van der Waals surface area contributed by atoms with E-state index in [4.69, 9.17) is 38.6 Å². The minimum atomic E-state index is -1.06. The highest BCUT2D eigenvalue weighted by atomic mass is 16.6. The molecule has 1 aromatic rings. The van der Waals surface area contributed by atoms with E-state index in [0.717, 1.165) is 29.1 Å². The third-order valence-electron chi connectivity index (χ3n) is 8.02. The molecule has 402 valence electrons. The first-order chi connectivity index (χ1) is 32.3. The molecule has 0 saturated heterocycles. The van der Waals surface area contributed by atoms with Gasteiger partial charge in [-0.1, -0.05) is 25.7 Å². The first-order valence-electron chi connectivity index (χ1n) is 23.9. The molecule has 0 aliphatic rings. The summed E-state index contributed by atoms with van der Waals surface area (Å²) < 4.78 is 38.8. The van der Waals surface area contributed by atoms with E-state index < -0.39 is 70.2 Å². The second kappa shape index (κ2) is 27.4. The monoisotopic (exact) mass is 1010 g/mol. The summed E-state index contributed by atoms with van der Waals surface area (Å²) in [6.07, 6.45) is 0.161. The molecule has 0 radical (unpaired) electrons. The van der Waals surface area contributed by atoms with Crippen LogP contribution in [-0.4, -0.2) is 129 Å². The molecule has 1 rings (SSSR count). The average Bonchev–Trinajstić information content (AvgIpc) is 3.13. The van der Waals surface area contributed by atoms with E-state index in [1.165, 1.54) is 18.3 Å². The van der Waals surface area contributed by atoms with E-state index >= 15 is 0 Å². The second-order valence-electron chi connectivity index (χ2n) is 22.4. The van der Waals surface area contributed by atoms with Gasteiger partial charge in [-0.2, -0.15) is 0 Å². The minimum Gasteiger partial charge on any atom is -0.478 e. The number of alkyl carbamates (subject to hydrolysis) is 3.